The van der Waals surface area contributed by atoms with Crippen LogP contribution in [0, 0.1) is 22.7 Å². The summed E-state index contributed by atoms with van der Waals surface area (Å²) in [6.07, 6.45) is 8.26. The van der Waals surface area contributed by atoms with Crippen molar-refractivity contribution in [2.75, 3.05) is 0 Å². The number of allylic oxidation sites excluding steroid dienone is 2. The SMILES string of the molecule is CC(C)(C#N)C(CC=O)C1=CCCCC1. The van der Waals surface area contributed by atoms with E-state index in [1.54, 1.807) is 0 Å². The Morgan fingerprint density at radius 2 is 2.33 bits per heavy atom. The Morgan fingerprint density at radius 3 is 2.80 bits per heavy atom. The molecule has 0 saturated carbocycles. The van der Waals surface area contributed by atoms with Crippen LogP contribution in [0.2, 0.25) is 0 Å². The number of carbonyl (C=O) groups excluding carboxylic acids is 1. The summed E-state index contributed by atoms with van der Waals surface area (Å²) in [7, 11) is 0. The van der Waals surface area contributed by atoms with Crippen LogP contribution < -0.4 is 0 Å². The zero-order valence-corrected chi connectivity index (χ0v) is 9.62. The van der Waals surface area contributed by atoms with E-state index in [0.29, 0.717) is 6.42 Å². The van der Waals surface area contributed by atoms with E-state index >= 15 is 0 Å². The van der Waals surface area contributed by atoms with Crippen molar-refractivity contribution in [3.05, 3.63) is 11.6 Å². The smallest absolute Gasteiger partial charge is 0.120 e. The third-order valence-corrected chi connectivity index (χ3v) is 3.26. The summed E-state index contributed by atoms with van der Waals surface area (Å²) in [4.78, 5) is 10.7. The molecule has 1 atom stereocenters. The highest BCUT2D eigenvalue weighted by Gasteiger charge is 2.32. The molecule has 0 fully saturated rings. The predicted molar refractivity (Wildman–Crippen MR) is 60.1 cm³/mol. The van der Waals surface area contributed by atoms with Gasteiger partial charge in [0.15, 0.2) is 0 Å². The molecule has 0 aromatic carbocycles. The highest BCUT2D eigenvalue weighted by atomic mass is 16.1. The monoisotopic (exact) mass is 205 g/mol. The Bertz CT molecular complexity index is 296. The average molecular weight is 205 g/mol. The summed E-state index contributed by atoms with van der Waals surface area (Å²) in [5.74, 6) is 0.111. The van der Waals surface area contributed by atoms with E-state index in [2.05, 4.69) is 12.1 Å². The highest BCUT2D eigenvalue weighted by Crippen LogP contribution is 2.38. The molecule has 0 aromatic heterocycles. The number of hydrogen-bond acceptors (Lipinski definition) is 2. The lowest BCUT2D eigenvalue weighted by Crippen LogP contribution is -2.25. The number of rotatable bonds is 4. The third kappa shape index (κ3) is 2.92. The van der Waals surface area contributed by atoms with Crippen LogP contribution in [0.1, 0.15) is 46.0 Å². The van der Waals surface area contributed by atoms with Crippen molar-refractivity contribution < 1.29 is 4.79 Å². The van der Waals surface area contributed by atoms with Crippen molar-refractivity contribution in [3.63, 3.8) is 0 Å². The lowest BCUT2D eigenvalue weighted by molar-refractivity contribution is -0.108. The molecular weight excluding hydrogens is 186 g/mol. The molecule has 82 valence electrons. The first-order valence-electron chi connectivity index (χ1n) is 5.65. The van der Waals surface area contributed by atoms with Crippen LogP contribution in [0.25, 0.3) is 0 Å². The van der Waals surface area contributed by atoms with Crippen molar-refractivity contribution in [2.24, 2.45) is 11.3 Å². The summed E-state index contributed by atoms with van der Waals surface area (Å²) in [5.41, 5.74) is 0.893. The van der Waals surface area contributed by atoms with Gasteiger partial charge in [-0.3, -0.25) is 0 Å². The van der Waals surface area contributed by atoms with E-state index in [1.807, 2.05) is 13.8 Å². The Hall–Kier alpha value is -1.10. The van der Waals surface area contributed by atoms with Crippen LogP contribution >= 0.6 is 0 Å². The minimum Gasteiger partial charge on any atom is -0.303 e. The lowest BCUT2D eigenvalue weighted by Gasteiger charge is -2.30. The van der Waals surface area contributed by atoms with Crippen molar-refractivity contribution in [1.29, 1.82) is 5.26 Å². The van der Waals surface area contributed by atoms with E-state index in [-0.39, 0.29) is 5.92 Å². The molecule has 15 heavy (non-hydrogen) atoms. The standard InChI is InChI=1S/C13H19NO/c1-13(2,10-14)12(8-9-15)11-6-4-3-5-7-11/h6,9,12H,3-5,7-8H2,1-2H3. The molecule has 0 saturated heterocycles. The van der Waals surface area contributed by atoms with Gasteiger partial charge < -0.3 is 4.79 Å². The first-order chi connectivity index (χ1) is 7.11. The summed E-state index contributed by atoms with van der Waals surface area (Å²) < 4.78 is 0. The highest BCUT2D eigenvalue weighted by molar-refractivity contribution is 5.51. The van der Waals surface area contributed by atoms with Gasteiger partial charge in [-0.2, -0.15) is 5.26 Å². The van der Waals surface area contributed by atoms with Crippen molar-refractivity contribution in [3.8, 4) is 6.07 Å². The van der Waals surface area contributed by atoms with Crippen molar-refractivity contribution in [1.82, 2.24) is 0 Å². The molecule has 0 aromatic rings. The predicted octanol–water partition coefficient (Wildman–Crippen LogP) is 3.24. The summed E-state index contributed by atoms with van der Waals surface area (Å²) in [6, 6.07) is 2.32. The fraction of sp³-hybridized carbons (Fsp3) is 0.692. The number of hydrogen-bond donors (Lipinski definition) is 0. The molecule has 1 aliphatic carbocycles. The zero-order valence-electron chi connectivity index (χ0n) is 9.62. The van der Waals surface area contributed by atoms with E-state index in [0.717, 1.165) is 19.1 Å². The second-order valence-electron chi connectivity index (χ2n) is 4.81. The van der Waals surface area contributed by atoms with Crippen LogP contribution in [0.5, 0.6) is 0 Å². The second-order valence-corrected chi connectivity index (χ2v) is 4.81. The molecule has 1 rings (SSSR count). The second kappa shape index (κ2) is 5.11. The summed E-state index contributed by atoms with van der Waals surface area (Å²) in [6.45, 7) is 3.85. The van der Waals surface area contributed by atoms with E-state index in [4.69, 9.17) is 5.26 Å². The Kier molecular flexibility index (Phi) is 4.08. The molecular formula is C13H19NO. The van der Waals surface area contributed by atoms with E-state index in [9.17, 15) is 4.79 Å². The maximum atomic E-state index is 10.7. The normalized spacial score (nSPS) is 18.9. The molecule has 0 heterocycles. The van der Waals surface area contributed by atoms with Crippen LogP contribution in [0.15, 0.2) is 11.6 Å². The zero-order chi connectivity index (χ0) is 11.3. The van der Waals surface area contributed by atoms with Gasteiger partial charge in [0.2, 0.25) is 0 Å². The third-order valence-electron chi connectivity index (χ3n) is 3.26. The van der Waals surface area contributed by atoms with Gasteiger partial charge in [0.1, 0.15) is 6.29 Å². The quantitative estimate of drug-likeness (QED) is 0.522. The van der Waals surface area contributed by atoms with Crippen LogP contribution in [-0.2, 0) is 4.79 Å². The Morgan fingerprint density at radius 1 is 1.60 bits per heavy atom. The molecule has 1 aliphatic rings. The van der Waals surface area contributed by atoms with E-state index < -0.39 is 5.41 Å². The molecule has 0 N–H and O–H groups in total. The van der Waals surface area contributed by atoms with Crippen LogP contribution in [0.3, 0.4) is 0 Å². The summed E-state index contributed by atoms with van der Waals surface area (Å²) in [5, 5.41) is 9.13. The van der Waals surface area contributed by atoms with Crippen molar-refractivity contribution in [2.45, 2.75) is 46.0 Å². The Labute approximate surface area is 92.0 Å². The fourth-order valence-electron chi connectivity index (χ4n) is 2.26. The minimum absolute atomic E-state index is 0.111. The fourth-order valence-corrected chi connectivity index (χ4v) is 2.26. The Balaban J connectivity index is 2.87. The molecule has 2 heteroatoms. The molecule has 0 bridgehead atoms. The van der Waals surface area contributed by atoms with Crippen LogP contribution in [0.4, 0.5) is 0 Å². The molecule has 0 aliphatic heterocycles. The number of nitriles is 1. The van der Waals surface area contributed by atoms with Gasteiger partial charge >= 0.3 is 0 Å². The lowest BCUT2D eigenvalue weighted by atomic mass is 9.71. The largest absolute Gasteiger partial charge is 0.303 e. The molecule has 2 nitrogen and oxygen atoms in total. The topological polar surface area (TPSA) is 40.9 Å². The first kappa shape index (κ1) is 12.0. The van der Waals surface area contributed by atoms with Crippen molar-refractivity contribution >= 4 is 6.29 Å². The number of aldehydes is 1. The van der Waals surface area contributed by atoms with E-state index in [1.165, 1.54) is 18.4 Å². The molecule has 0 spiro atoms. The number of nitrogens with zero attached hydrogens (tertiary/aromatic N) is 1. The van der Waals surface area contributed by atoms with Gasteiger partial charge in [0.25, 0.3) is 0 Å². The van der Waals surface area contributed by atoms with Gasteiger partial charge in [-0.05, 0) is 39.5 Å². The van der Waals surface area contributed by atoms with Gasteiger partial charge in [-0.1, -0.05) is 11.6 Å². The van der Waals surface area contributed by atoms with Crippen LogP contribution in [-0.4, -0.2) is 6.29 Å². The first-order valence-corrected chi connectivity index (χ1v) is 5.65. The molecule has 0 radical (unpaired) electrons. The average Bonchev–Trinajstić information content (AvgIpc) is 2.27. The molecule has 1 unspecified atom stereocenters. The van der Waals surface area contributed by atoms with Gasteiger partial charge in [0.05, 0.1) is 11.5 Å². The van der Waals surface area contributed by atoms with Gasteiger partial charge in [-0.25, -0.2) is 0 Å². The number of carbonyl (C=O) groups is 1. The van der Waals surface area contributed by atoms with Gasteiger partial charge in [-0.15, -0.1) is 0 Å². The maximum absolute atomic E-state index is 10.7. The maximum Gasteiger partial charge on any atom is 0.120 e. The van der Waals surface area contributed by atoms with Gasteiger partial charge in [0, 0.05) is 12.3 Å². The summed E-state index contributed by atoms with van der Waals surface area (Å²) >= 11 is 0. The molecule has 0 amide bonds. The minimum atomic E-state index is -0.427.